The third-order valence-electron chi connectivity index (χ3n) is 3.55. The van der Waals surface area contributed by atoms with Crippen LogP contribution in [0.15, 0.2) is 42.6 Å². The van der Waals surface area contributed by atoms with Crippen LogP contribution in [0.5, 0.6) is 0 Å². The standard InChI is InChI=1S/C18H15Cl3N6O/c1-27(2)18-24-13(21)9-15(26-18)25-14-8-10(6-7-22-14)23-17(28)16-11(19)4-3-5-12(16)20/h3-9H,1-2H3,(H2,22,23,24,25,26,28). The van der Waals surface area contributed by atoms with E-state index in [0.717, 1.165) is 0 Å². The number of benzene rings is 1. The molecule has 0 spiro atoms. The summed E-state index contributed by atoms with van der Waals surface area (Å²) in [5.41, 5.74) is 0.710. The molecule has 3 aromatic rings. The van der Waals surface area contributed by atoms with Crippen molar-refractivity contribution < 1.29 is 4.79 Å². The van der Waals surface area contributed by atoms with Gasteiger partial charge in [-0.3, -0.25) is 4.79 Å². The smallest absolute Gasteiger partial charge is 0.258 e. The van der Waals surface area contributed by atoms with Crippen LogP contribution in [0.2, 0.25) is 15.2 Å². The second-order valence-electron chi connectivity index (χ2n) is 5.88. The van der Waals surface area contributed by atoms with Gasteiger partial charge in [0, 0.05) is 38.1 Å². The summed E-state index contributed by atoms with van der Waals surface area (Å²) in [4.78, 5) is 26.9. The van der Waals surface area contributed by atoms with E-state index in [4.69, 9.17) is 34.8 Å². The van der Waals surface area contributed by atoms with Crippen LogP contribution in [-0.4, -0.2) is 35.0 Å². The molecule has 0 bridgehead atoms. The summed E-state index contributed by atoms with van der Waals surface area (Å²) in [5.74, 6) is 0.955. The molecule has 0 unspecified atom stereocenters. The van der Waals surface area contributed by atoms with E-state index in [0.29, 0.717) is 28.4 Å². The Morgan fingerprint density at radius 1 is 1.00 bits per heavy atom. The van der Waals surface area contributed by atoms with Gasteiger partial charge in [-0.25, -0.2) is 9.97 Å². The van der Waals surface area contributed by atoms with Crippen molar-refractivity contribution >= 4 is 64.0 Å². The van der Waals surface area contributed by atoms with Crippen LogP contribution >= 0.6 is 34.8 Å². The number of halogens is 3. The van der Waals surface area contributed by atoms with E-state index in [1.54, 1.807) is 47.5 Å². The zero-order valence-electron chi connectivity index (χ0n) is 14.9. The van der Waals surface area contributed by atoms with Crippen molar-refractivity contribution in [2.45, 2.75) is 0 Å². The summed E-state index contributed by atoms with van der Waals surface area (Å²) in [6.45, 7) is 0. The molecule has 2 heterocycles. The van der Waals surface area contributed by atoms with Gasteiger partial charge >= 0.3 is 0 Å². The lowest BCUT2D eigenvalue weighted by Gasteiger charge is -2.13. The Hall–Kier alpha value is -2.61. The van der Waals surface area contributed by atoms with Crippen molar-refractivity contribution in [2.24, 2.45) is 0 Å². The molecule has 2 aromatic heterocycles. The fraction of sp³-hybridized carbons (Fsp3) is 0.111. The van der Waals surface area contributed by atoms with Crippen molar-refractivity contribution in [3.63, 3.8) is 0 Å². The Morgan fingerprint density at radius 3 is 2.39 bits per heavy atom. The second kappa shape index (κ2) is 8.60. The molecule has 28 heavy (non-hydrogen) atoms. The number of pyridine rings is 1. The molecule has 1 amide bonds. The fourth-order valence-electron chi connectivity index (χ4n) is 2.29. The second-order valence-corrected chi connectivity index (χ2v) is 7.08. The first kappa shape index (κ1) is 20.1. The Bertz CT molecular complexity index is 1010. The van der Waals surface area contributed by atoms with Crippen LogP contribution < -0.4 is 15.5 Å². The summed E-state index contributed by atoms with van der Waals surface area (Å²) in [6, 6.07) is 9.74. The molecule has 3 rings (SSSR count). The van der Waals surface area contributed by atoms with Gasteiger partial charge in [-0.05, 0) is 18.2 Å². The lowest BCUT2D eigenvalue weighted by Crippen LogP contribution is -2.14. The number of carbonyl (C=O) groups is 1. The molecule has 2 N–H and O–H groups in total. The minimum absolute atomic E-state index is 0.204. The minimum Gasteiger partial charge on any atom is -0.347 e. The molecule has 0 saturated carbocycles. The summed E-state index contributed by atoms with van der Waals surface area (Å²) < 4.78 is 0. The Morgan fingerprint density at radius 2 is 1.71 bits per heavy atom. The van der Waals surface area contributed by atoms with Crippen LogP contribution in [0, 0.1) is 0 Å². The maximum atomic E-state index is 12.5. The van der Waals surface area contributed by atoms with Gasteiger partial charge < -0.3 is 15.5 Å². The lowest BCUT2D eigenvalue weighted by molar-refractivity contribution is 0.102. The van der Waals surface area contributed by atoms with Crippen LogP contribution in [0.3, 0.4) is 0 Å². The quantitative estimate of drug-likeness (QED) is 0.553. The molecule has 0 atom stereocenters. The number of anilines is 4. The number of rotatable bonds is 5. The van der Waals surface area contributed by atoms with E-state index in [2.05, 4.69) is 25.6 Å². The van der Waals surface area contributed by atoms with Gasteiger partial charge in [0.2, 0.25) is 5.95 Å². The van der Waals surface area contributed by atoms with Gasteiger partial charge in [-0.15, -0.1) is 0 Å². The molecule has 10 heteroatoms. The van der Waals surface area contributed by atoms with E-state index in [1.807, 2.05) is 14.1 Å². The largest absolute Gasteiger partial charge is 0.347 e. The summed E-state index contributed by atoms with van der Waals surface area (Å²) in [6.07, 6.45) is 1.54. The maximum absolute atomic E-state index is 12.5. The zero-order chi connectivity index (χ0) is 20.3. The predicted molar refractivity (Wildman–Crippen MR) is 113 cm³/mol. The minimum atomic E-state index is -0.423. The monoisotopic (exact) mass is 436 g/mol. The molecule has 0 fully saturated rings. The maximum Gasteiger partial charge on any atom is 0.258 e. The highest BCUT2D eigenvalue weighted by atomic mass is 35.5. The highest BCUT2D eigenvalue weighted by Crippen LogP contribution is 2.26. The molecule has 0 aliphatic heterocycles. The third-order valence-corrected chi connectivity index (χ3v) is 4.37. The molecule has 0 saturated heterocycles. The van der Waals surface area contributed by atoms with Crippen molar-refractivity contribution in [3.05, 3.63) is 63.4 Å². The van der Waals surface area contributed by atoms with Crippen molar-refractivity contribution in [2.75, 3.05) is 29.6 Å². The van der Waals surface area contributed by atoms with E-state index < -0.39 is 5.91 Å². The number of nitrogens with one attached hydrogen (secondary N) is 2. The topological polar surface area (TPSA) is 83.0 Å². The summed E-state index contributed by atoms with van der Waals surface area (Å²) >= 11 is 18.2. The molecular formula is C18H15Cl3N6O. The molecule has 1 aromatic carbocycles. The Kier molecular flexibility index (Phi) is 6.18. The molecule has 0 aliphatic rings. The summed E-state index contributed by atoms with van der Waals surface area (Å²) in [7, 11) is 3.62. The average molecular weight is 438 g/mol. The van der Waals surface area contributed by atoms with Gasteiger partial charge in [0.15, 0.2) is 0 Å². The molecule has 144 valence electrons. The van der Waals surface area contributed by atoms with Gasteiger partial charge in [0.25, 0.3) is 5.91 Å². The number of nitrogens with zero attached hydrogens (tertiary/aromatic N) is 4. The fourth-order valence-corrected chi connectivity index (χ4v) is 3.03. The molecule has 0 radical (unpaired) electrons. The van der Waals surface area contributed by atoms with Gasteiger partial charge in [-0.1, -0.05) is 40.9 Å². The Labute approximate surface area is 176 Å². The van der Waals surface area contributed by atoms with Gasteiger partial charge in [-0.2, -0.15) is 4.98 Å². The SMILES string of the molecule is CN(C)c1nc(Cl)cc(Nc2cc(NC(=O)c3c(Cl)cccc3Cl)ccn2)n1. The van der Waals surface area contributed by atoms with Gasteiger partial charge in [0.05, 0.1) is 15.6 Å². The molecular weight excluding hydrogens is 423 g/mol. The van der Waals surface area contributed by atoms with Crippen molar-refractivity contribution in [1.82, 2.24) is 15.0 Å². The molecule has 7 nitrogen and oxygen atoms in total. The van der Waals surface area contributed by atoms with Crippen molar-refractivity contribution in [1.29, 1.82) is 0 Å². The van der Waals surface area contributed by atoms with Crippen LogP contribution in [0.1, 0.15) is 10.4 Å². The zero-order valence-corrected chi connectivity index (χ0v) is 17.1. The first-order chi connectivity index (χ1) is 13.3. The van der Waals surface area contributed by atoms with E-state index in [9.17, 15) is 4.79 Å². The number of aromatic nitrogens is 3. The van der Waals surface area contributed by atoms with E-state index in [1.165, 1.54) is 0 Å². The van der Waals surface area contributed by atoms with E-state index in [-0.39, 0.29) is 15.6 Å². The first-order valence-corrected chi connectivity index (χ1v) is 9.17. The first-order valence-electron chi connectivity index (χ1n) is 8.04. The van der Waals surface area contributed by atoms with Gasteiger partial charge in [0.1, 0.15) is 16.8 Å². The molecule has 0 aliphatic carbocycles. The van der Waals surface area contributed by atoms with Crippen LogP contribution in [0.4, 0.5) is 23.3 Å². The van der Waals surface area contributed by atoms with Crippen LogP contribution in [-0.2, 0) is 0 Å². The average Bonchev–Trinajstić information content (AvgIpc) is 2.61. The number of amides is 1. The Balaban J connectivity index is 1.80. The number of hydrogen-bond acceptors (Lipinski definition) is 6. The number of hydrogen-bond donors (Lipinski definition) is 2. The highest BCUT2D eigenvalue weighted by molar-refractivity contribution is 6.40. The van der Waals surface area contributed by atoms with Crippen molar-refractivity contribution in [3.8, 4) is 0 Å². The summed E-state index contributed by atoms with van der Waals surface area (Å²) in [5, 5.41) is 6.62. The number of carbonyl (C=O) groups excluding carboxylic acids is 1. The predicted octanol–water partition coefficient (Wildman–Crippen LogP) is 4.89. The van der Waals surface area contributed by atoms with Crippen LogP contribution in [0.25, 0.3) is 0 Å². The highest BCUT2D eigenvalue weighted by Gasteiger charge is 2.15. The normalized spacial score (nSPS) is 10.5. The lowest BCUT2D eigenvalue weighted by atomic mass is 10.2. The third kappa shape index (κ3) is 4.81. The van der Waals surface area contributed by atoms with E-state index >= 15 is 0 Å².